The number of nitrogens with one attached hydrogen (secondary N) is 2. The number of amides is 2. The lowest BCUT2D eigenvalue weighted by Crippen LogP contribution is -2.41. The molecule has 6 nitrogen and oxygen atoms in total. The first-order valence-electron chi connectivity index (χ1n) is 7.90. The molecule has 3 rings (SSSR count). The van der Waals surface area contributed by atoms with Gasteiger partial charge in [0.2, 0.25) is 17.7 Å². The molecule has 0 spiro atoms. The van der Waals surface area contributed by atoms with Crippen molar-refractivity contribution in [3.05, 3.63) is 59.8 Å². The maximum absolute atomic E-state index is 12.1. The van der Waals surface area contributed by atoms with E-state index in [1.807, 2.05) is 36.4 Å². The van der Waals surface area contributed by atoms with Crippen LogP contribution in [0.5, 0.6) is 5.88 Å². The second-order valence-electron chi connectivity index (χ2n) is 5.62. The Morgan fingerprint density at radius 2 is 2.08 bits per heavy atom. The second kappa shape index (κ2) is 7.59. The molecule has 24 heavy (non-hydrogen) atoms. The normalized spacial score (nSPS) is 16.5. The molecule has 1 unspecified atom stereocenters. The van der Waals surface area contributed by atoms with E-state index in [0.717, 1.165) is 11.1 Å². The topological polar surface area (TPSA) is 80.3 Å². The zero-order chi connectivity index (χ0) is 16.8. The standard InChI is InChI=1S/C18H19N3O3/c22-16-9-8-15(21-16)17(23)20-11-14-7-4-10-19-18(14)24-12-13-5-2-1-3-6-13/h1-7,10,15H,8-9,11-12H2,(H,20,23)(H,21,22). The molecule has 0 radical (unpaired) electrons. The van der Waals surface area contributed by atoms with E-state index < -0.39 is 6.04 Å². The zero-order valence-electron chi connectivity index (χ0n) is 13.2. The maximum Gasteiger partial charge on any atom is 0.242 e. The average Bonchev–Trinajstić information content (AvgIpc) is 3.06. The Hall–Kier alpha value is -2.89. The Balaban J connectivity index is 1.57. The van der Waals surface area contributed by atoms with E-state index in [-0.39, 0.29) is 11.8 Å². The number of hydrogen-bond acceptors (Lipinski definition) is 4. The monoisotopic (exact) mass is 325 g/mol. The van der Waals surface area contributed by atoms with Gasteiger partial charge in [-0.3, -0.25) is 9.59 Å². The molecule has 2 aromatic rings. The maximum atomic E-state index is 12.1. The number of ether oxygens (including phenoxy) is 1. The van der Waals surface area contributed by atoms with Crippen LogP contribution in [-0.4, -0.2) is 22.8 Å². The van der Waals surface area contributed by atoms with Crippen LogP contribution < -0.4 is 15.4 Å². The van der Waals surface area contributed by atoms with E-state index in [2.05, 4.69) is 15.6 Å². The van der Waals surface area contributed by atoms with Crippen molar-refractivity contribution < 1.29 is 14.3 Å². The van der Waals surface area contributed by atoms with Gasteiger partial charge in [-0.25, -0.2) is 4.98 Å². The number of benzene rings is 1. The molecule has 0 bridgehead atoms. The van der Waals surface area contributed by atoms with E-state index in [9.17, 15) is 9.59 Å². The molecule has 2 N–H and O–H groups in total. The lowest BCUT2D eigenvalue weighted by molar-refractivity contribution is -0.125. The molecule has 1 saturated heterocycles. The van der Waals surface area contributed by atoms with Crippen LogP contribution in [0.1, 0.15) is 24.0 Å². The molecule has 1 aromatic carbocycles. The summed E-state index contributed by atoms with van der Waals surface area (Å²) in [6.07, 6.45) is 2.59. The van der Waals surface area contributed by atoms with Gasteiger partial charge in [0, 0.05) is 24.7 Å². The first kappa shape index (κ1) is 16.0. The summed E-state index contributed by atoms with van der Waals surface area (Å²) in [6.45, 7) is 0.723. The lowest BCUT2D eigenvalue weighted by atomic mass is 10.2. The van der Waals surface area contributed by atoms with Gasteiger partial charge in [0.05, 0.1) is 0 Å². The second-order valence-corrected chi connectivity index (χ2v) is 5.62. The van der Waals surface area contributed by atoms with Crippen molar-refractivity contribution in [1.29, 1.82) is 0 Å². The van der Waals surface area contributed by atoms with E-state index in [1.54, 1.807) is 12.3 Å². The van der Waals surface area contributed by atoms with E-state index in [0.29, 0.717) is 31.9 Å². The molecule has 1 aliphatic rings. The minimum Gasteiger partial charge on any atom is -0.473 e. The van der Waals surface area contributed by atoms with Crippen LogP contribution >= 0.6 is 0 Å². The first-order chi connectivity index (χ1) is 11.7. The lowest BCUT2D eigenvalue weighted by Gasteiger charge is -2.13. The van der Waals surface area contributed by atoms with Crippen LogP contribution in [0.2, 0.25) is 0 Å². The van der Waals surface area contributed by atoms with E-state index in [4.69, 9.17) is 4.74 Å². The highest BCUT2D eigenvalue weighted by Crippen LogP contribution is 2.16. The SMILES string of the molecule is O=C1CCC(C(=O)NCc2cccnc2OCc2ccccc2)N1. The average molecular weight is 325 g/mol. The summed E-state index contributed by atoms with van der Waals surface area (Å²) < 4.78 is 5.77. The van der Waals surface area contributed by atoms with Gasteiger partial charge in [-0.15, -0.1) is 0 Å². The number of nitrogens with zero attached hydrogens (tertiary/aromatic N) is 1. The third-order valence-corrected chi connectivity index (χ3v) is 3.83. The van der Waals surface area contributed by atoms with Crippen molar-refractivity contribution in [1.82, 2.24) is 15.6 Å². The van der Waals surface area contributed by atoms with Gasteiger partial charge >= 0.3 is 0 Å². The highest BCUT2D eigenvalue weighted by atomic mass is 16.5. The summed E-state index contributed by atoms with van der Waals surface area (Å²) in [4.78, 5) is 27.5. The molecule has 6 heteroatoms. The van der Waals surface area contributed by atoms with Crippen molar-refractivity contribution in [2.45, 2.75) is 32.0 Å². The summed E-state index contributed by atoms with van der Waals surface area (Å²) in [5.41, 5.74) is 1.85. The molecular weight excluding hydrogens is 306 g/mol. The Bertz CT molecular complexity index is 718. The Kier molecular flexibility index (Phi) is 5.05. The number of carbonyl (C=O) groups is 2. The predicted molar refractivity (Wildman–Crippen MR) is 88.0 cm³/mol. The number of carbonyl (C=O) groups excluding carboxylic acids is 2. The van der Waals surface area contributed by atoms with Crippen molar-refractivity contribution in [3.63, 3.8) is 0 Å². The molecule has 1 atom stereocenters. The van der Waals surface area contributed by atoms with Crippen molar-refractivity contribution in [2.75, 3.05) is 0 Å². The highest BCUT2D eigenvalue weighted by molar-refractivity contribution is 5.90. The Morgan fingerprint density at radius 3 is 2.83 bits per heavy atom. The first-order valence-corrected chi connectivity index (χ1v) is 7.90. The van der Waals surface area contributed by atoms with Crippen molar-refractivity contribution >= 4 is 11.8 Å². The molecule has 124 valence electrons. The predicted octanol–water partition coefficient (Wildman–Crippen LogP) is 1.56. The van der Waals surface area contributed by atoms with Crippen molar-refractivity contribution in [3.8, 4) is 5.88 Å². The third kappa shape index (κ3) is 4.10. The van der Waals surface area contributed by atoms with Gasteiger partial charge in [0.25, 0.3) is 0 Å². The van der Waals surface area contributed by atoms with Gasteiger partial charge in [-0.1, -0.05) is 36.4 Å². The molecule has 1 fully saturated rings. The molecule has 0 saturated carbocycles. The fraction of sp³-hybridized carbons (Fsp3) is 0.278. The number of aromatic nitrogens is 1. The molecule has 1 aliphatic heterocycles. The van der Waals surface area contributed by atoms with Gasteiger partial charge < -0.3 is 15.4 Å². The Morgan fingerprint density at radius 1 is 1.25 bits per heavy atom. The van der Waals surface area contributed by atoms with Gasteiger partial charge in [0.1, 0.15) is 12.6 Å². The highest BCUT2D eigenvalue weighted by Gasteiger charge is 2.26. The van der Waals surface area contributed by atoms with Crippen LogP contribution in [0.3, 0.4) is 0 Å². The molecular formula is C18H19N3O3. The third-order valence-electron chi connectivity index (χ3n) is 3.83. The van der Waals surface area contributed by atoms with Crippen LogP contribution in [0.25, 0.3) is 0 Å². The summed E-state index contributed by atoms with van der Waals surface area (Å²) in [7, 11) is 0. The largest absolute Gasteiger partial charge is 0.473 e. The molecule has 2 heterocycles. The smallest absolute Gasteiger partial charge is 0.242 e. The van der Waals surface area contributed by atoms with E-state index in [1.165, 1.54) is 0 Å². The quantitative estimate of drug-likeness (QED) is 0.844. The summed E-state index contributed by atoms with van der Waals surface area (Å²) in [6, 6.07) is 13.0. The summed E-state index contributed by atoms with van der Waals surface area (Å²) in [5, 5.41) is 5.48. The van der Waals surface area contributed by atoms with Crippen LogP contribution in [0, 0.1) is 0 Å². The summed E-state index contributed by atoms with van der Waals surface area (Å²) >= 11 is 0. The minimum absolute atomic E-state index is 0.0802. The van der Waals surface area contributed by atoms with Crippen LogP contribution in [-0.2, 0) is 22.7 Å². The van der Waals surface area contributed by atoms with Crippen LogP contribution in [0.4, 0.5) is 0 Å². The number of hydrogen-bond donors (Lipinski definition) is 2. The van der Waals surface area contributed by atoms with Crippen molar-refractivity contribution in [2.24, 2.45) is 0 Å². The fourth-order valence-corrected chi connectivity index (χ4v) is 2.53. The van der Waals surface area contributed by atoms with Gasteiger partial charge in [-0.2, -0.15) is 0 Å². The van der Waals surface area contributed by atoms with E-state index >= 15 is 0 Å². The zero-order valence-corrected chi connectivity index (χ0v) is 13.2. The number of rotatable bonds is 6. The molecule has 0 aliphatic carbocycles. The number of pyridine rings is 1. The summed E-state index contributed by atoms with van der Waals surface area (Å²) in [5.74, 6) is 0.235. The fourth-order valence-electron chi connectivity index (χ4n) is 2.53. The molecule has 2 amide bonds. The molecule has 1 aromatic heterocycles. The minimum atomic E-state index is -0.442. The Labute approximate surface area is 140 Å². The van der Waals surface area contributed by atoms with Gasteiger partial charge in [-0.05, 0) is 18.1 Å². The van der Waals surface area contributed by atoms with Gasteiger partial charge in [0.15, 0.2) is 0 Å². The van der Waals surface area contributed by atoms with Crippen LogP contribution in [0.15, 0.2) is 48.7 Å².